The van der Waals surface area contributed by atoms with Crippen molar-refractivity contribution in [1.82, 2.24) is 0 Å². The molecule has 2 fully saturated rings. The molecule has 0 bridgehead atoms. The highest BCUT2D eigenvalue weighted by Crippen LogP contribution is 2.41. The quantitative estimate of drug-likeness (QED) is 0.428. The first kappa shape index (κ1) is 18.3. The van der Waals surface area contributed by atoms with E-state index in [9.17, 15) is 0 Å². The Morgan fingerprint density at radius 2 is 1.23 bits per heavy atom. The predicted octanol–water partition coefficient (Wildman–Crippen LogP) is 6.75. The van der Waals surface area contributed by atoms with Gasteiger partial charge in [0.1, 0.15) is 0 Å². The van der Waals surface area contributed by atoms with Crippen molar-refractivity contribution in [3.8, 4) is 0 Å². The highest BCUT2D eigenvalue weighted by molar-refractivity contribution is 4.82. The van der Waals surface area contributed by atoms with Crippen LogP contribution in [0.5, 0.6) is 0 Å². The number of unbranched alkanes of at least 4 members (excludes halogenated alkanes) is 5. The summed E-state index contributed by atoms with van der Waals surface area (Å²) in [5.41, 5.74) is 0. The highest BCUT2D eigenvalue weighted by atomic mass is 16.5. The summed E-state index contributed by atoms with van der Waals surface area (Å²) in [6.07, 6.45) is 22.5. The molecule has 22 heavy (non-hydrogen) atoms. The van der Waals surface area contributed by atoms with Crippen LogP contribution in [0.15, 0.2) is 0 Å². The molecule has 0 unspecified atom stereocenters. The van der Waals surface area contributed by atoms with Crippen LogP contribution in [0.3, 0.4) is 0 Å². The van der Waals surface area contributed by atoms with Crippen LogP contribution in [0.2, 0.25) is 0 Å². The molecule has 2 aliphatic rings. The lowest BCUT2D eigenvalue weighted by atomic mass is 9.70. The summed E-state index contributed by atoms with van der Waals surface area (Å²) < 4.78 is 5.52. The van der Waals surface area contributed by atoms with Crippen LogP contribution in [0.4, 0.5) is 0 Å². The van der Waals surface area contributed by atoms with Crippen LogP contribution in [-0.4, -0.2) is 13.2 Å². The van der Waals surface area contributed by atoms with Crippen molar-refractivity contribution in [3.63, 3.8) is 0 Å². The summed E-state index contributed by atoms with van der Waals surface area (Å²) in [5, 5.41) is 0. The Labute approximate surface area is 139 Å². The van der Waals surface area contributed by atoms with E-state index in [0.717, 1.165) is 17.8 Å². The first-order valence-electron chi connectivity index (χ1n) is 10.4. The summed E-state index contributed by atoms with van der Waals surface area (Å²) in [6, 6.07) is 0. The number of ether oxygens (including phenoxy) is 1. The van der Waals surface area contributed by atoms with Gasteiger partial charge in [-0.15, -0.1) is 0 Å². The van der Waals surface area contributed by atoms with Crippen LogP contribution >= 0.6 is 0 Å². The topological polar surface area (TPSA) is 9.23 Å². The molecule has 0 aliphatic heterocycles. The van der Waals surface area contributed by atoms with Gasteiger partial charge in [-0.3, -0.25) is 0 Å². The Morgan fingerprint density at radius 1 is 0.682 bits per heavy atom. The lowest BCUT2D eigenvalue weighted by Gasteiger charge is -2.37. The lowest BCUT2D eigenvalue weighted by Crippen LogP contribution is -2.28. The molecule has 0 heterocycles. The molecule has 0 aromatic rings. The fraction of sp³-hybridized carbons (Fsp3) is 1.00. The summed E-state index contributed by atoms with van der Waals surface area (Å²) in [6.45, 7) is 2.31. The molecule has 0 radical (unpaired) electrons. The second-order valence-electron chi connectivity index (χ2n) is 8.11. The summed E-state index contributed by atoms with van der Waals surface area (Å²) >= 11 is 0. The molecule has 0 atom stereocenters. The van der Waals surface area contributed by atoms with Gasteiger partial charge in [0, 0.05) is 7.11 Å². The second kappa shape index (κ2) is 10.7. The molecular weight excluding hydrogens is 268 g/mol. The van der Waals surface area contributed by atoms with Crippen molar-refractivity contribution in [1.29, 1.82) is 0 Å². The molecule has 2 saturated carbocycles. The van der Waals surface area contributed by atoms with Crippen LogP contribution in [-0.2, 0) is 4.74 Å². The Kier molecular flexibility index (Phi) is 8.89. The molecule has 2 aliphatic carbocycles. The molecule has 0 amide bonds. The van der Waals surface area contributed by atoms with E-state index in [1.54, 1.807) is 0 Å². The zero-order valence-electron chi connectivity index (χ0n) is 15.3. The largest absolute Gasteiger partial charge is 0.381 e. The van der Waals surface area contributed by atoms with E-state index >= 15 is 0 Å². The first-order chi connectivity index (χ1) is 10.8. The third kappa shape index (κ3) is 6.22. The molecule has 0 aromatic carbocycles. The van der Waals surface area contributed by atoms with Gasteiger partial charge in [0.25, 0.3) is 0 Å². The summed E-state index contributed by atoms with van der Waals surface area (Å²) in [7, 11) is 1.89. The van der Waals surface area contributed by atoms with Crippen molar-refractivity contribution in [3.05, 3.63) is 0 Å². The molecule has 1 heteroatoms. The maximum absolute atomic E-state index is 5.52. The molecule has 0 N–H and O–H groups in total. The zero-order valence-corrected chi connectivity index (χ0v) is 15.3. The molecule has 0 spiro atoms. The number of hydrogen-bond donors (Lipinski definition) is 0. The second-order valence-corrected chi connectivity index (χ2v) is 8.11. The maximum atomic E-state index is 5.52. The van der Waals surface area contributed by atoms with E-state index in [1.165, 1.54) is 96.3 Å². The lowest BCUT2D eigenvalue weighted by molar-refractivity contribution is 0.0391. The van der Waals surface area contributed by atoms with E-state index < -0.39 is 0 Å². The van der Waals surface area contributed by atoms with E-state index in [2.05, 4.69) is 6.92 Å². The van der Waals surface area contributed by atoms with Crippen molar-refractivity contribution < 1.29 is 4.74 Å². The molecular formula is C21H40O. The third-order valence-corrected chi connectivity index (χ3v) is 6.58. The molecule has 1 nitrogen and oxygen atoms in total. The standard InChI is InChI=1S/C21H40O/c1-3-4-5-6-7-8-9-18-10-12-19(13-11-18)20-14-16-21(22-2)17-15-20/h18-21H,3-17H2,1-2H3/t18-,19-,20-,21-. The molecule has 0 aromatic heterocycles. The van der Waals surface area contributed by atoms with Crippen molar-refractivity contribution in [2.75, 3.05) is 7.11 Å². The monoisotopic (exact) mass is 308 g/mol. The number of hydrogen-bond acceptors (Lipinski definition) is 1. The molecule has 0 saturated heterocycles. The smallest absolute Gasteiger partial charge is 0.0571 e. The van der Waals surface area contributed by atoms with E-state index in [1.807, 2.05) is 7.11 Å². The van der Waals surface area contributed by atoms with Gasteiger partial charge >= 0.3 is 0 Å². The van der Waals surface area contributed by atoms with E-state index in [-0.39, 0.29) is 0 Å². The van der Waals surface area contributed by atoms with Crippen molar-refractivity contribution >= 4 is 0 Å². The van der Waals surface area contributed by atoms with Gasteiger partial charge in [-0.05, 0) is 56.3 Å². The Morgan fingerprint density at radius 3 is 1.82 bits per heavy atom. The van der Waals surface area contributed by atoms with E-state index in [0.29, 0.717) is 6.10 Å². The normalized spacial score (nSPS) is 33.0. The maximum Gasteiger partial charge on any atom is 0.0571 e. The number of methoxy groups -OCH3 is 1. The summed E-state index contributed by atoms with van der Waals surface area (Å²) in [4.78, 5) is 0. The molecule has 130 valence electrons. The highest BCUT2D eigenvalue weighted by Gasteiger charge is 2.30. The average Bonchev–Trinajstić information content (AvgIpc) is 2.59. The predicted molar refractivity (Wildman–Crippen MR) is 96.2 cm³/mol. The minimum atomic E-state index is 0.570. The van der Waals surface area contributed by atoms with Gasteiger partial charge in [0.15, 0.2) is 0 Å². The van der Waals surface area contributed by atoms with Gasteiger partial charge < -0.3 is 4.74 Å². The van der Waals surface area contributed by atoms with Crippen LogP contribution in [0.25, 0.3) is 0 Å². The number of rotatable bonds is 9. The summed E-state index contributed by atoms with van der Waals surface area (Å²) in [5.74, 6) is 3.15. The van der Waals surface area contributed by atoms with Gasteiger partial charge in [0.2, 0.25) is 0 Å². The van der Waals surface area contributed by atoms with Gasteiger partial charge in [-0.25, -0.2) is 0 Å². The van der Waals surface area contributed by atoms with Crippen molar-refractivity contribution in [2.45, 2.75) is 109 Å². The SMILES string of the molecule is CCCCCCCC[C@H]1CC[C@H]([C@H]2CC[C@H](OC)CC2)CC1. The minimum absolute atomic E-state index is 0.570. The fourth-order valence-corrected chi connectivity index (χ4v) is 4.96. The average molecular weight is 309 g/mol. The first-order valence-corrected chi connectivity index (χ1v) is 10.4. The molecule has 2 rings (SSSR count). The zero-order chi connectivity index (χ0) is 15.6. The third-order valence-electron chi connectivity index (χ3n) is 6.58. The minimum Gasteiger partial charge on any atom is -0.381 e. The van der Waals surface area contributed by atoms with Crippen molar-refractivity contribution in [2.24, 2.45) is 17.8 Å². The fourth-order valence-electron chi connectivity index (χ4n) is 4.96. The Hall–Kier alpha value is -0.0400. The Bertz CT molecular complexity index is 259. The van der Waals surface area contributed by atoms with Gasteiger partial charge in [-0.2, -0.15) is 0 Å². The van der Waals surface area contributed by atoms with Crippen LogP contribution < -0.4 is 0 Å². The van der Waals surface area contributed by atoms with Crippen LogP contribution in [0.1, 0.15) is 103 Å². The Balaban J connectivity index is 1.52. The van der Waals surface area contributed by atoms with Gasteiger partial charge in [-0.1, -0.05) is 64.7 Å². The van der Waals surface area contributed by atoms with E-state index in [4.69, 9.17) is 4.74 Å². The van der Waals surface area contributed by atoms with Crippen LogP contribution in [0, 0.1) is 17.8 Å². The van der Waals surface area contributed by atoms with Gasteiger partial charge in [0.05, 0.1) is 6.10 Å².